The zero-order chi connectivity index (χ0) is 18.8. The lowest BCUT2D eigenvalue weighted by Crippen LogP contribution is -2.36. The Labute approximate surface area is 152 Å². The molecule has 140 valence electrons. The van der Waals surface area contributed by atoms with Gasteiger partial charge in [-0.15, -0.1) is 0 Å². The van der Waals surface area contributed by atoms with E-state index < -0.39 is 6.61 Å². The summed E-state index contributed by atoms with van der Waals surface area (Å²) in [7, 11) is 1.47. The van der Waals surface area contributed by atoms with E-state index in [9.17, 15) is 8.78 Å². The summed E-state index contributed by atoms with van der Waals surface area (Å²) in [5, 5.41) is 6.26. The first kappa shape index (κ1) is 19.5. The highest BCUT2D eigenvalue weighted by atomic mass is 19.3. The fraction of sp³-hybridized carbons (Fsp3) is 0.316. The number of hydrogen-bond acceptors (Lipinski definition) is 3. The smallest absolute Gasteiger partial charge is 0.387 e. The number of nitrogens with one attached hydrogen (secondary N) is 2. The maximum Gasteiger partial charge on any atom is 0.387 e. The Kier molecular flexibility index (Phi) is 7.67. The molecule has 2 rings (SSSR count). The fourth-order valence-corrected chi connectivity index (χ4v) is 2.29. The van der Waals surface area contributed by atoms with Gasteiger partial charge in [0.25, 0.3) is 0 Å². The maximum atomic E-state index is 12.6. The van der Waals surface area contributed by atoms with Crippen molar-refractivity contribution in [3.63, 3.8) is 0 Å². The summed E-state index contributed by atoms with van der Waals surface area (Å²) < 4.78 is 34.9. The number of aliphatic imine (C=N–C) groups is 1. The average Bonchev–Trinajstić information content (AvgIpc) is 2.65. The summed E-state index contributed by atoms with van der Waals surface area (Å²) in [6.07, 6.45) is 0. The van der Waals surface area contributed by atoms with Crippen molar-refractivity contribution in [2.45, 2.75) is 26.6 Å². The van der Waals surface area contributed by atoms with Crippen molar-refractivity contribution in [3.05, 3.63) is 59.7 Å². The molecule has 0 aliphatic carbocycles. The van der Waals surface area contributed by atoms with Crippen molar-refractivity contribution in [1.82, 2.24) is 10.6 Å². The highest BCUT2D eigenvalue weighted by Crippen LogP contribution is 2.26. The number of alkyl halides is 2. The van der Waals surface area contributed by atoms with Crippen molar-refractivity contribution in [2.24, 2.45) is 4.99 Å². The summed E-state index contributed by atoms with van der Waals surface area (Å²) in [5.74, 6) is 1.12. The van der Waals surface area contributed by atoms with Gasteiger partial charge < -0.3 is 20.1 Å². The molecule has 0 aliphatic rings. The molecule has 0 fully saturated rings. The lowest BCUT2D eigenvalue weighted by atomic mass is 10.2. The average molecular weight is 363 g/mol. The zero-order valence-corrected chi connectivity index (χ0v) is 14.8. The maximum absolute atomic E-state index is 12.6. The highest BCUT2D eigenvalue weighted by Gasteiger charge is 2.11. The number of hydrogen-bond donors (Lipinski definition) is 2. The Morgan fingerprint density at radius 3 is 2.54 bits per heavy atom. The minimum Gasteiger partial charge on any atom is -0.497 e. The van der Waals surface area contributed by atoms with Gasteiger partial charge in [0.05, 0.1) is 13.7 Å². The molecule has 0 amide bonds. The van der Waals surface area contributed by atoms with Crippen LogP contribution >= 0.6 is 0 Å². The fourth-order valence-electron chi connectivity index (χ4n) is 2.29. The van der Waals surface area contributed by atoms with E-state index in [1.165, 1.54) is 13.2 Å². The first-order chi connectivity index (χ1) is 12.6. The molecule has 5 nitrogen and oxygen atoms in total. The van der Waals surface area contributed by atoms with E-state index >= 15 is 0 Å². The van der Waals surface area contributed by atoms with E-state index in [1.54, 1.807) is 12.1 Å². The van der Waals surface area contributed by atoms with Gasteiger partial charge in [-0.25, -0.2) is 4.99 Å². The summed E-state index contributed by atoms with van der Waals surface area (Å²) in [5.41, 5.74) is 1.66. The van der Waals surface area contributed by atoms with Gasteiger partial charge in [-0.3, -0.25) is 0 Å². The lowest BCUT2D eigenvalue weighted by Gasteiger charge is -2.15. The molecule has 2 N–H and O–H groups in total. The van der Waals surface area contributed by atoms with Gasteiger partial charge in [-0.2, -0.15) is 8.78 Å². The number of guanidine groups is 1. The van der Waals surface area contributed by atoms with E-state index in [0.29, 0.717) is 30.4 Å². The van der Waals surface area contributed by atoms with Crippen molar-refractivity contribution < 1.29 is 18.3 Å². The van der Waals surface area contributed by atoms with Crippen LogP contribution < -0.4 is 20.1 Å². The van der Waals surface area contributed by atoms with Gasteiger partial charge in [0, 0.05) is 24.7 Å². The van der Waals surface area contributed by atoms with Crippen LogP contribution in [0.5, 0.6) is 11.5 Å². The van der Waals surface area contributed by atoms with Gasteiger partial charge in [-0.05, 0) is 24.6 Å². The SMILES string of the molecule is CCNC(=NCc1ccccc1)NCc1ccc(OC)cc1OC(F)F. The first-order valence-electron chi connectivity index (χ1n) is 8.30. The van der Waals surface area contributed by atoms with Crippen molar-refractivity contribution in [2.75, 3.05) is 13.7 Å². The summed E-state index contributed by atoms with van der Waals surface area (Å²) in [6, 6.07) is 14.7. The van der Waals surface area contributed by atoms with Crippen LogP contribution in [-0.4, -0.2) is 26.2 Å². The summed E-state index contributed by atoms with van der Waals surface area (Å²) >= 11 is 0. The third-order valence-electron chi connectivity index (χ3n) is 3.54. The third-order valence-corrected chi connectivity index (χ3v) is 3.54. The topological polar surface area (TPSA) is 54.9 Å². The first-order valence-corrected chi connectivity index (χ1v) is 8.30. The Hall–Kier alpha value is -2.83. The normalized spacial score (nSPS) is 11.3. The van der Waals surface area contributed by atoms with Gasteiger partial charge in [0.15, 0.2) is 5.96 Å². The van der Waals surface area contributed by atoms with Crippen LogP contribution in [0.2, 0.25) is 0 Å². The van der Waals surface area contributed by atoms with E-state index in [4.69, 9.17) is 4.74 Å². The van der Waals surface area contributed by atoms with Crippen LogP contribution in [0.15, 0.2) is 53.5 Å². The molecule has 0 atom stereocenters. The van der Waals surface area contributed by atoms with Crippen LogP contribution in [0, 0.1) is 0 Å². The molecule has 0 unspecified atom stereocenters. The van der Waals surface area contributed by atoms with Gasteiger partial charge in [-0.1, -0.05) is 30.3 Å². The van der Waals surface area contributed by atoms with Crippen molar-refractivity contribution in [3.8, 4) is 11.5 Å². The van der Waals surface area contributed by atoms with Gasteiger partial charge in [0.2, 0.25) is 0 Å². The lowest BCUT2D eigenvalue weighted by molar-refractivity contribution is -0.0505. The molecule has 26 heavy (non-hydrogen) atoms. The third kappa shape index (κ3) is 6.23. The quantitative estimate of drug-likeness (QED) is 0.556. The van der Waals surface area contributed by atoms with Crippen molar-refractivity contribution >= 4 is 5.96 Å². The molecule has 2 aromatic carbocycles. The van der Waals surface area contributed by atoms with E-state index in [-0.39, 0.29) is 12.3 Å². The van der Waals surface area contributed by atoms with E-state index in [2.05, 4.69) is 20.4 Å². The molecule has 0 saturated carbocycles. The van der Waals surface area contributed by atoms with Crippen LogP contribution in [0.3, 0.4) is 0 Å². The second-order valence-electron chi connectivity index (χ2n) is 5.39. The molecule has 0 saturated heterocycles. The molecule has 0 bridgehead atoms. The molecule has 0 radical (unpaired) electrons. The molecule has 0 heterocycles. The summed E-state index contributed by atoms with van der Waals surface area (Å²) in [4.78, 5) is 4.50. The Balaban J connectivity index is 2.07. The molecule has 0 aliphatic heterocycles. The molecular formula is C19H23F2N3O2. The molecule has 7 heteroatoms. The predicted octanol–water partition coefficient (Wildman–Crippen LogP) is 3.55. The van der Waals surface area contributed by atoms with Gasteiger partial charge >= 0.3 is 6.61 Å². The number of rotatable bonds is 8. The molecule has 0 aromatic heterocycles. The van der Waals surface area contributed by atoms with Crippen molar-refractivity contribution in [1.29, 1.82) is 0 Å². The van der Waals surface area contributed by atoms with Gasteiger partial charge in [0.1, 0.15) is 11.5 Å². The minimum absolute atomic E-state index is 0.0748. The van der Waals surface area contributed by atoms with Crippen LogP contribution in [0.1, 0.15) is 18.1 Å². The number of ether oxygens (including phenoxy) is 2. The van der Waals surface area contributed by atoms with E-state index in [1.807, 2.05) is 37.3 Å². The Morgan fingerprint density at radius 2 is 1.88 bits per heavy atom. The molecule has 2 aromatic rings. The van der Waals surface area contributed by atoms with Crippen LogP contribution in [0.25, 0.3) is 0 Å². The van der Waals surface area contributed by atoms with Crippen LogP contribution in [-0.2, 0) is 13.1 Å². The second-order valence-corrected chi connectivity index (χ2v) is 5.39. The predicted molar refractivity (Wildman–Crippen MR) is 97.7 cm³/mol. The monoisotopic (exact) mass is 363 g/mol. The Bertz CT molecular complexity index is 709. The number of nitrogens with zero attached hydrogens (tertiary/aromatic N) is 1. The van der Waals surface area contributed by atoms with E-state index in [0.717, 1.165) is 5.56 Å². The largest absolute Gasteiger partial charge is 0.497 e. The molecule has 0 spiro atoms. The minimum atomic E-state index is -2.90. The van der Waals surface area contributed by atoms with Crippen LogP contribution in [0.4, 0.5) is 8.78 Å². The summed E-state index contributed by atoms with van der Waals surface area (Å²) in [6.45, 7) is 0.536. The number of benzene rings is 2. The Morgan fingerprint density at radius 1 is 1.12 bits per heavy atom. The standard InChI is InChI=1S/C19H23F2N3O2/c1-3-22-19(23-12-14-7-5-4-6-8-14)24-13-15-9-10-16(25-2)11-17(15)26-18(20)21/h4-11,18H,3,12-13H2,1-2H3,(H2,22,23,24). The zero-order valence-electron chi connectivity index (χ0n) is 14.8. The highest BCUT2D eigenvalue weighted by molar-refractivity contribution is 5.79. The number of halogens is 2. The second kappa shape index (κ2) is 10.2. The molecular weight excluding hydrogens is 340 g/mol. The number of methoxy groups -OCH3 is 1.